The van der Waals surface area contributed by atoms with Crippen LogP contribution in [0.25, 0.3) is 0 Å². The summed E-state index contributed by atoms with van der Waals surface area (Å²) in [5, 5.41) is 7.66. The molecule has 226 valence electrons. The number of nitrogens with one attached hydrogen (secondary N) is 1. The van der Waals surface area contributed by atoms with E-state index in [1.165, 1.54) is 0 Å². The molecule has 2 aromatic rings. The van der Waals surface area contributed by atoms with E-state index in [-0.39, 0.29) is 41.2 Å². The molecule has 5 N–H and O–H groups in total. The molecule has 0 bridgehead atoms. The van der Waals surface area contributed by atoms with Gasteiger partial charge in [0.2, 0.25) is 10.0 Å². The van der Waals surface area contributed by atoms with Crippen LogP contribution in [0.3, 0.4) is 0 Å². The van der Waals surface area contributed by atoms with Crippen molar-refractivity contribution in [3.8, 4) is 0 Å². The Kier molecular flexibility index (Phi) is 10.4. The number of aryl methyl sites for hydroxylation is 1. The lowest BCUT2D eigenvalue weighted by atomic mass is 9.97. The number of benzene rings is 1. The first-order valence-corrected chi connectivity index (χ1v) is 16.1. The number of nitrogens with two attached hydrogens (primary N) is 2. The molecule has 2 aliphatic rings. The summed E-state index contributed by atoms with van der Waals surface area (Å²) in [5.41, 5.74) is 7.83. The van der Waals surface area contributed by atoms with Crippen LogP contribution in [0.2, 0.25) is 5.15 Å². The van der Waals surface area contributed by atoms with Crippen LogP contribution in [0.15, 0.2) is 18.2 Å². The fourth-order valence-electron chi connectivity index (χ4n) is 5.72. The van der Waals surface area contributed by atoms with Gasteiger partial charge in [-0.3, -0.25) is 14.6 Å². The van der Waals surface area contributed by atoms with Crippen molar-refractivity contribution in [3.63, 3.8) is 0 Å². The molecule has 0 spiro atoms. The lowest BCUT2D eigenvalue weighted by Gasteiger charge is -2.47. The van der Waals surface area contributed by atoms with Gasteiger partial charge < -0.3 is 16.0 Å². The van der Waals surface area contributed by atoms with Gasteiger partial charge in [-0.1, -0.05) is 30.7 Å². The lowest BCUT2D eigenvalue weighted by molar-refractivity contribution is 0.0610. The third-order valence-electron chi connectivity index (χ3n) is 7.92. The Hall–Kier alpha value is -2.58. The van der Waals surface area contributed by atoms with E-state index in [9.17, 15) is 17.6 Å². The number of carbonyl (C=O) groups excluding carboxylic acids is 1. The minimum atomic E-state index is -3.60. The van der Waals surface area contributed by atoms with E-state index in [0.717, 1.165) is 57.5 Å². The Morgan fingerprint density at radius 3 is 2.59 bits per heavy atom. The number of halogens is 2. The summed E-state index contributed by atoms with van der Waals surface area (Å²) in [4.78, 5) is 28.3. The zero-order valence-corrected chi connectivity index (χ0v) is 25.2. The first kappa shape index (κ1) is 31.4. The van der Waals surface area contributed by atoms with Gasteiger partial charge in [0.15, 0.2) is 22.5 Å². The van der Waals surface area contributed by atoms with Gasteiger partial charge in [0.25, 0.3) is 5.91 Å². The molecular weight excluding hydrogens is 571 g/mol. The number of likely N-dealkylation sites (tertiary alicyclic amines) is 1. The van der Waals surface area contributed by atoms with Crippen LogP contribution in [0.5, 0.6) is 0 Å². The number of aromatic nitrogens is 2. The Labute approximate surface area is 246 Å². The average Bonchev–Trinajstić information content (AvgIpc) is 2.93. The molecule has 4 rings (SSSR count). The summed E-state index contributed by atoms with van der Waals surface area (Å²) >= 11 is 6.49. The van der Waals surface area contributed by atoms with E-state index in [2.05, 4.69) is 36.9 Å². The Morgan fingerprint density at radius 1 is 1.20 bits per heavy atom. The van der Waals surface area contributed by atoms with E-state index >= 15 is 0 Å². The summed E-state index contributed by atoms with van der Waals surface area (Å²) in [6, 6.07) is 6.15. The molecule has 1 amide bonds. The number of nitrogen functional groups attached to an aromatic ring is 1. The van der Waals surface area contributed by atoms with Crippen molar-refractivity contribution in [2.45, 2.75) is 58.2 Å². The van der Waals surface area contributed by atoms with Crippen LogP contribution in [0, 0.1) is 12.7 Å². The largest absolute Gasteiger partial charge is 0.382 e. The number of piperazine rings is 1. The summed E-state index contributed by atoms with van der Waals surface area (Å²) in [6.45, 7) is 9.19. The van der Waals surface area contributed by atoms with Crippen molar-refractivity contribution in [1.82, 2.24) is 25.1 Å². The van der Waals surface area contributed by atoms with Crippen molar-refractivity contribution in [1.29, 1.82) is 0 Å². The summed E-state index contributed by atoms with van der Waals surface area (Å²) in [7, 11) is -3.60. The molecule has 1 aromatic carbocycles. The number of hydrogen-bond acceptors (Lipinski definition) is 9. The number of amides is 1. The highest BCUT2D eigenvalue weighted by Gasteiger charge is 2.34. The minimum absolute atomic E-state index is 0.0347. The maximum atomic E-state index is 13.6. The first-order valence-electron chi connectivity index (χ1n) is 14.0. The Morgan fingerprint density at radius 2 is 1.93 bits per heavy atom. The van der Waals surface area contributed by atoms with Crippen molar-refractivity contribution >= 4 is 39.2 Å². The van der Waals surface area contributed by atoms with Crippen molar-refractivity contribution < 1.29 is 17.6 Å². The normalized spacial score (nSPS) is 19.4. The number of hydrogen-bond donors (Lipinski definition) is 3. The standard InChI is InChI=1S/C27H40ClFN8O3S/c1-3-20-17-36(26-24(28)33-23(25(30)34-26)27(38)32-9-4-14-41(31,39)40)12-13-37(20)21-7-10-35(11-8-21)16-19-5-6-22(29)18(2)15-19/h5-6,15,20-21H,3-4,7-14,16-17H2,1-2H3,(H2,30,34)(H,32,38)(H2,31,39,40)/t20-/m0/s1. The molecule has 0 aliphatic carbocycles. The van der Waals surface area contributed by atoms with Gasteiger partial charge in [0, 0.05) is 44.8 Å². The summed E-state index contributed by atoms with van der Waals surface area (Å²) < 4.78 is 35.8. The molecule has 2 saturated heterocycles. The number of rotatable bonds is 10. The van der Waals surface area contributed by atoms with E-state index in [1.807, 2.05) is 12.1 Å². The Balaban J connectivity index is 1.32. The molecule has 14 heteroatoms. The molecule has 0 saturated carbocycles. The molecule has 2 aliphatic heterocycles. The second-order valence-corrected chi connectivity index (χ2v) is 13.0. The number of piperidine rings is 1. The Bertz CT molecular complexity index is 1340. The van der Waals surface area contributed by atoms with E-state index < -0.39 is 15.9 Å². The van der Waals surface area contributed by atoms with Crippen LogP contribution >= 0.6 is 11.6 Å². The van der Waals surface area contributed by atoms with Crippen LogP contribution in [-0.4, -0.2) is 91.2 Å². The predicted molar refractivity (Wildman–Crippen MR) is 159 cm³/mol. The average molecular weight is 611 g/mol. The van der Waals surface area contributed by atoms with E-state index in [4.69, 9.17) is 22.5 Å². The van der Waals surface area contributed by atoms with Gasteiger partial charge in [-0.15, -0.1) is 0 Å². The third kappa shape index (κ3) is 8.25. The fourth-order valence-corrected chi connectivity index (χ4v) is 6.52. The highest BCUT2D eigenvalue weighted by molar-refractivity contribution is 7.89. The van der Waals surface area contributed by atoms with Crippen molar-refractivity contribution in [2.24, 2.45) is 5.14 Å². The highest BCUT2D eigenvalue weighted by Crippen LogP contribution is 2.30. The molecular formula is C27H40ClFN8O3S. The van der Waals surface area contributed by atoms with Gasteiger partial charge in [0.1, 0.15) is 5.82 Å². The van der Waals surface area contributed by atoms with Crippen molar-refractivity contribution in [2.75, 3.05) is 55.7 Å². The molecule has 2 fully saturated rings. The van der Waals surface area contributed by atoms with Crippen LogP contribution in [0.1, 0.15) is 54.2 Å². The number of carbonyl (C=O) groups is 1. The molecule has 0 radical (unpaired) electrons. The van der Waals surface area contributed by atoms with Crippen molar-refractivity contribution in [3.05, 3.63) is 46.0 Å². The second kappa shape index (κ2) is 13.6. The highest BCUT2D eigenvalue weighted by atomic mass is 35.5. The van der Waals surface area contributed by atoms with Gasteiger partial charge >= 0.3 is 0 Å². The summed E-state index contributed by atoms with van der Waals surface area (Å²) in [5.74, 6) is -0.558. The van der Waals surface area contributed by atoms with Crippen LogP contribution in [0.4, 0.5) is 16.0 Å². The fraction of sp³-hybridized carbons (Fsp3) is 0.593. The van der Waals surface area contributed by atoms with Gasteiger partial charge in [-0.25, -0.2) is 27.9 Å². The topological polar surface area (TPSA) is 151 Å². The minimum Gasteiger partial charge on any atom is -0.382 e. The molecule has 1 atom stereocenters. The van der Waals surface area contributed by atoms with E-state index in [1.54, 1.807) is 13.0 Å². The van der Waals surface area contributed by atoms with Gasteiger partial charge in [-0.05, 0) is 62.9 Å². The molecule has 0 unspecified atom stereocenters. The zero-order chi connectivity index (χ0) is 29.7. The first-order chi connectivity index (χ1) is 19.4. The van der Waals surface area contributed by atoms with Crippen LogP contribution < -0.4 is 21.1 Å². The predicted octanol–water partition coefficient (Wildman–Crippen LogP) is 2.13. The maximum Gasteiger partial charge on any atom is 0.273 e. The SMILES string of the molecule is CC[C@H]1CN(c2nc(N)c(C(=O)NCCCS(N)(=O)=O)nc2Cl)CCN1C1CCN(Cc2ccc(F)c(C)c2)CC1. The molecule has 1 aromatic heterocycles. The molecule has 3 heterocycles. The van der Waals surface area contributed by atoms with Gasteiger partial charge in [-0.2, -0.15) is 0 Å². The zero-order valence-electron chi connectivity index (χ0n) is 23.7. The quantitative estimate of drug-likeness (QED) is 0.344. The molecule has 41 heavy (non-hydrogen) atoms. The van der Waals surface area contributed by atoms with E-state index in [0.29, 0.717) is 30.0 Å². The monoisotopic (exact) mass is 610 g/mol. The van der Waals surface area contributed by atoms with Gasteiger partial charge in [0.05, 0.1) is 5.75 Å². The number of anilines is 2. The smallest absolute Gasteiger partial charge is 0.273 e. The lowest BCUT2D eigenvalue weighted by Crippen LogP contribution is -2.58. The maximum absolute atomic E-state index is 13.6. The second-order valence-electron chi connectivity index (χ2n) is 10.9. The summed E-state index contributed by atoms with van der Waals surface area (Å²) in [6.07, 6.45) is 3.28. The van der Waals surface area contributed by atoms with Crippen LogP contribution in [-0.2, 0) is 16.6 Å². The third-order valence-corrected chi connectivity index (χ3v) is 9.03. The number of sulfonamides is 1. The molecule has 11 nitrogen and oxygen atoms in total. The number of nitrogens with zero attached hydrogens (tertiary/aromatic N) is 5. The number of primary sulfonamides is 1.